The highest BCUT2D eigenvalue weighted by molar-refractivity contribution is 7.47. The van der Waals surface area contributed by atoms with Gasteiger partial charge in [-0.2, -0.15) is 0 Å². The summed E-state index contributed by atoms with van der Waals surface area (Å²) in [5.74, 6) is -0.514. The Balaban J connectivity index is 5.28. The Bertz CT molecular complexity index is 1360. The van der Waals surface area contributed by atoms with Gasteiger partial charge < -0.3 is 19.4 Å². The molecule has 416 valence electrons. The van der Waals surface area contributed by atoms with E-state index in [0.717, 1.165) is 77.0 Å². The fourth-order valence-corrected chi connectivity index (χ4v) is 9.29. The fraction of sp³-hybridized carbons (Fsp3) is 0.836. The van der Waals surface area contributed by atoms with Crippen molar-refractivity contribution < 1.29 is 37.3 Å². The second kappa shape index (κ2) is 51.5. The average molecular weight is 1020 g/mol. The van der Waals surface area contributed by atoms with Crippen LogP contribution in [0.4, 0.5) is 0 Å². The van der Waals surface area contributed by atoms with Crippen molar-refractivity contribution in [3.05, 3.63) is 48.6 Å². The molecule has 9 nitrogen and oxygen atoms in total. The van der Waals surface area contributed by atoms with Crippen LogP contribution in [0.15, 0.2) is 48.6 Å². The number of phosphoric acid groups is 1. The van der Waals surface area contributed by atoms with Crippen molar-refractivity contribution in [2.45, 2.75) is 290 Å². The number of unbranched alkanes of at least 4 members (excludes halogenated alkanes) is 32. The van der Waals surface area contributed by atoms with Crippen LogP contribution in [-0.2, 0) is 27.9 Å². The van der Waals surface area contributed by atoms with Crippen LogP contribution >= 0.6 is 7.82 Å². The number of hydrogen-bond donors (Lipinski definition) is 2. The zero-order chi connectivity index (χ0) is 52.2. The van der Waals surface area contributed by atoms with Crippen LogP contribution in [0.3, 0.4) is 0 Å². The van der Waals surface area contributed by atoms with Crippen molar-refractivity contribution in [2.75, 3.05) is 40.9 Å². The van der Waals surface area contributed by atoms with Crippen LogP contribution in [0.1, 0.15) is 278 Å². The molecule has 0 spiro atoms. The predicted molar refractivity (Wildman–Crippen MR) is 305 cm³/mol. The van der Waals surface area contributed by atoms with Gasteiger partial charge in [0.25, 0.3) is 0 Å². The summed E-state index contributed by atoms with van der Waals surface area (Å²) in [5.41, 5.74) is 0. The average Bonchev–Trinajstić information content (AvgIpc) is 3.33. The smallest absolute Gasteiger partial charge is 0.456 e. The van der Waals surface area contributed by atoms with Crippen molar-refractivity contribution in [1.82, 2.24) is 5.32 Å². The Morgan fingerprint density at radius 1 is 0.493 bits per heavy atom. The van der Waals surface area contributed by atoms with Crippen molar-refractivity contribution in [3.63, 3.8) is 0 Å². The van der Waals surface area contributed by atoms with Crippen LogP contribution in [0, 0.1) is 0 Å². The summed E-state index contributed by atoms with van der Waals surface area (Å²) in [6, 6.07) is -0.852. The number of quaternary nitrogens is 1. The normalized spacial score (nSPS) is 14.1. The first-order valence-corrected chi connectivity index (χ1v) is 31.5. The lowest BCUT2D eigenvalue weighted by Crippen LogP contribution is -2.47. The van der Waals surface area contributed by atoms with Gasteiger partial charge in [-0.15, -0.1) is 0 Å². The number of rotatable bonds is 54. The predicted octanol–water partition coefficient (Wildman–Crippen LogP) is 18.1. The highest BCUT2D eigenvalue weighted by Crippen LogP contribution is 2.43. The van der Waals surface area contributed by atoms with E-state index in [-0.39, 0.29) is 31.5 Å². The number of esters is 1. The van der Waals surface area contributed by atoms with Crippen LogP contribution in [0.25, 0.3) is 0 Å². The minimum atomic E-state index is -4.45. The third-order valence-corrected chi connectivity index (χ3v) is 14.2. The Labute approximate surface area is 439 Å². The standard InChI is InChI=1S/C61H115N2O7P/c1-7-10-13-16-19-22-25-27-29-31-33-35-38-41-44-47-50-53-60(64)62-58(57-69-71(66,67)68-56-55-63(4,5)6)59(52-49-46-43-40-37-24-21-18-15-12-9-3)70-61(65)54-51-48-45-42-39-36-34-32-30-28-26-23-20-17-14-11-8-2/h19,22,27-30,49,52,58-59H,7-18,20-21,23-26,31-48,50-51,53-57H2,1-6H3,(H-,62,64,66,67)/p+1/b22-19-,29-27-,30-28+,52-49+. The van der Waals surface area contributed by atoms with Gasteiger partial charge in [-0.05, 0) is 89.5 Å². The first-order chi connectivity index (χ1) is 34.4. The highest BCUT2D eigenvalue weighted by atomic mass is 31.2. The highest BCUT2D eigenvalue weighted by Gasteiger charge is 2.30. The Morgan fingerprint density at radius 3 is 1.31 bits per heavy atom. The minimum Gasteiger partial charge on any atom is -0.456 e. The number of allylic oxidation sites excluding steroid dienone is 7. The van der Waals surface area contributed by atoms with Gasteiger partial charge in [-0.3, -0.25) is 18.6 Å². The third kappa shape index (κ3) is 52.6. The van der Waals surface area contributed by atoms with Crippen LogP contribution in [0.2, 0.25) is 0 Å². The first kappa shape index (κ1) is 69.0. The van der Waals surface area contributed by atoms with Crippen LogP contribution < -0.4 is 5.32 Å². The molecule has 0 aliphatic heterocycles. The van der Waals surface area contributed by atoms with E-state index in [4.69, 9.17) is 13.8 Å². The quantitative estimate of drug-likeness (QED) is 0.0205. The molecule has 0 bridgehead atoms. The van der Waals surface area contributed by atoms with Crippen LogP contribution in [-0.4, -0.2) is 74.3 Å². The maximum Gasteiger partial charge on any atom is 0.472 e. The van der Waals surface area contributed by atoms with Crippen molar-refractivity contribution in [3.8, 4) is 0 Å². The molecule has 1 amide bonds. The number of hydrogen-bond acceptors (Lipinski definition) is 6. The van der Waals surface area contributed by atoms with Gasteiger partial charge in [-0.1, -0.05) is 224 Å². The third-order valence-electron chi connectivity index (χ3n) is 13.2. The molecule has 3 atom stereocenters. The summed E-state index contributed by atoms with van der Waals surface area (Å²) in [6.45, 7) is 6.98. The molecule has 0 heterocycles. The molecule has 0 aromatic carbocycles. The number of likely N-dealkylation sites (N-methyl/N-ethyl adjacent to an activating group) is 1. The number of nitrogens with zero attached hydrogens (tertiary/aromatic N) is 1. The molecule has 0 saturated heterocycles. The summed E-state index contributed by atoms with van der Waals surface area (Å²) >= 11 is 0. The summed E-state index contributed by atoms with van der Waals surface area (Å²) in [4.78, 5) is 37.6. The molecule has 0 saturated carbocycles. The van der Waals surface area contributed by atoms with E-state index >= 15 is 0 Å². The Hall–Kier alpha value is -2.03. The number of carbonyl (C=O) groups is 2. The molecule has 10 heteroatoms. The van der Waals surface area contributed by atoms with Gasteiger partial charge in [-0.25, -0.2) is 4.57 Å². The molecular formula is C61H116N2O7P+. The molecule has 0 aliphatic rings. The summed E-state index contributed by atoms with van der Waals surface area (Å²) in [5, 5.41) is 3.05. The van der Waals surface area contributed by atoms with Crippen LogP contribution in [0.5, 0.6) is 0 Å². The summed E-state index contributed by atoms with van der Waals surface area (Å²) in [7, 11) is 1.49. The van der Waals surface area contributed by atoms with Crippen molar-refractivity contribution in [1.29, 1.82) is 0 Å². The van der Waals surface area contributed by atoms with E-state index in [1.54, 1.807) is 0 Å². The maximum absolute atomic E-state index is 13.5. The lowest BCUT2D eigenvalue weighted by atomic mass is 10.1. The van der Waals surface area contributed by atoms with Gasteiger partial charge >= 0.3 is 13.8 Å². The molecule has 0 aromatic rings. The fourth-order valence-electron chi connectivity index (χ4n) is 8.55. The molecule has 0 aliphatic carbocycles. The first-order valence-electron chi connectivity index (χ1n) is 30.0. The van der Waals surface area contributed by atoms with Gasteiger partial charge in [0, 0.05) is 12.8 Å². The maximum atomic E-state index is 13.5. The Kier molecular flexibility index (Phi) is 50.0. The second-order valence-electron chi connectivity index (χ2n) is 21.5. The van der Waals surface area contributed by atoms with Gasteiger partial charge in [0.05, 0.1) is 33.8 Å². The van der Waals surface area contributed by atoms with Crippen molar-refractivity contribution >= 4 is 19.7 Å². The molecular weight excluding hydrogens is 904 g/mol. The number of phosphoric ester groups is 1. The number of carbonyl (C=O) groups excluding carboxylic acids is 2. The van der Waals surface area contributed by atoms with E-state index in [1.807, 2.05) is 33.3 Å². The molecule has 71 heavy (non-hydrogen) atoms. The summed E-state index contributed by atoms with van der Waals surface area (Å²) < 4.78 is 30.6. The SMILES string of the molecule is CCCCC/C=C\C/C=C\CCCCCCCCCC(=O)NC(COP(=O)(O)OCC[N+](C)(C)C)C(/C=C/CCCCCCCCCCC)OC(=O)CCCCCCCCC/C=C/CCCCCCCC. The van der Waals surface area contributed by atoms with Gasteiger partial charge in [0.1, 0.15) is 19.3 Å². The molecule has 0 rings (SSSR count). The number of nitrogens with one attached hydrogen (secondary N) is 1. The van der Waals surface area contributed by atoms with E-state index in [2.05, 4.69) is 62.5 Å². The van der Waals surface area contributed by atoms with Gasteiger partial charge in [0.15, 0.2) is 0 Å². The zero-order valence-electron chi connectivity index (χ0n) is 47.5. The molecule has 3 unspecified atom stereocenters. The van der Waals surface area contributed by atoms with E-state index in [9.17, 15) is 19.0 Å². The van der Waals surface area contributed by atoms with E-state index < -0.39 is 20.0 Å². The topological polar surface area (TPSA) is 111 Å². The second-order valence-corrected chi connectivity index (χ2v) is 23.0. The molecule has 0 fully saturated rings. The Morgan fingerprint density at radius 2 is 0.859 bits per heavy atom. The number of amides is 1. The largest absolute Gasteiger partial charge is 0.472 e. The lowest BCUT2D eigenvalue weighted by molar-refractivity contribution is -0.870. The number of ether oxygens (including phenoxy) is 1. The molecule has 0 aromatic heterocycles. The molecule has 2 N–H and O–H groups in total. The van der Waals surface area contributed by atoms with Crippen molar-refractivity contribution in [2.24, 2.45) is 0 Å². The monoisotopic (exact) mass is 1020 g/mol. The van der Waals surface area contributed by atoms with E-state index in [1.165, 1.54) is 167 Å². The zero-order valence-corrected chi connectivity index (χ0v) is 48.4. The molecule has 0 radical (unpaired) electrons. The van der Waals surface area contributed by atoms with Gasteiger partial charge in [0.2, 0.25) is 5.91 Å². The lowest BCUT2D eigenvalue weighted by Gasteiger charge is -2.27. The minimum absolute atomic E-state index is 0.0379. The van der Waals surface area contributed by atoms with E-state index in [0.29, 0.717) is 17.4 Å². The summed E-state index contributed by atoms with van der Waals surface area (Å²) in [6.07, 6.45) is 62.4.